The van der Waals surface area contributed by atoms with E-state index in [0.717, 1.165) is 40.9 Å². The molecule has 1 aliphatic heterocycles. The number of rotatable bonds is 9. The van der Waals surface area contributed by atoms with Crippen LogP contribution in [0.1, 0.15) is 22.4 Å². The third kappa shape index (κ3) is 5.82. The maximum absolute atomic E-state index is 12.6. The molecule has 0 bridgehead atoms. The van der Waals surface area contributed by atoms with Gasteiger partial charge in [0.25, 0.3) is 0 Å². The largest absolute Gasteiger partial charge is 0.496 e. The number of methoxy groups -OCH3 is 3. The summed E-state index contributed by atoms with van der Waals surface area (Å²) >= 11 is 1.27. The van der Waals surface area contributed by atoms with Gasteiger partial charge in [-0.2, -0.15) is 5.26 Å². The summed E-state index contributed by atoms with van der Waals surface area (Å²) < 4.78 is 16.7. The van der Waals surface area contributed by atoms with Crippen LogP contribution in [0.3, 0.4) is 0 Å². The van der Waals surface area contributed by atoms with Gasteiger partial charge in [-0.05, 0) is 24.2 Å². The fourth-order valence-electron chi connectivity index (χ4n) is 4.38. The molecule has 4 rings (SSSR count). The molecule has 8 nitrogen and oxygen atoms in total. The van der Waals surface area contributed by atoms with Crippen LogP contribution in [0.15, 0.2) is 47.5 Å². The number of thioether (sulfide) groups is 1. The topological polar surface area (TPSA) is 96.7 Å². The van der Waals surface area contributed by atoms with Gasteiger partial charge in [-0.25, -0.2) is 4.98 Å². The summed E-state index contributed by atoms with van der Waals surface area (Å²) in [6.07, 6.45) is 0.744. The fourth-order valence-corrected chi connectivity index (χ4v) is 5.22. The molecule has 0 spiro atoms. The second-order valence-corrected chi connectivity index (χ2v) is 9.61. The first-order valence-electron chi connectivity index (χ1n) is 11.9. The van der Waals surface area contributed by atoms with Gasteiger partial charge in [0.2, 0.25) is 5.91 Å². The smallest absolute Gasteiger partial charge is 0.230 e. The predicted octanol–water partition coefficient (Wildman–Crippen LogP) is 4.04. The van der Waals surface area contributed by atoms with E-state index in [2.05, 4.69) is 16.3 Å². The van der Waals surface area contributed by atoms with Crippen molar-refractivity contribution in [2.75, 3.05) is 40.7 Å². The minimum atomic E-state index is -0.123. The van der Waals surface area contributed by atoms with Gasteiger partial charge >= 0.3 is 0 Å². The summed E-state index contributed by atoms with van der Waals surface area (Å²) in [5, 5.41) is 13.8. The average molecular weight is 519 g/mol. The van der Waals surface area contributed by atoms with Crippen LogP contribution in [0, 0.1) is 11.3 Å². The molecule has 9 heteroatoms. The van der Waals surface area contributed by atoms with Crippen molar-refractivity contribution in [1.82, 2.24) is 15.2 Å². The van der Waals surface area contributed by atoms with Gasteiger partial charge < -0.3 is 24.4 Å². The molecule has 3 aromatic rings. The molecule has 0 radical (unpaired) electrons. The molecule has 0 atom stereocenters. The number of nitrogens with zero attached hydrogens (tertiary/aromatic N) is 3. The lowest BCUT2D eigenvalue weighted by molar-refractivity contribution is -0.118. The van der Waals surface area contributed by atoms with E-state index in [0.29, 0.717) is 40.9 Å². The van der Waals surface area contributed by atoms with Crippen LogP contribution in [0.2, 0.25) is 0 Å². The Balaban J connectivity index is 1.73. The molecule has 1 aliphatic rings. The second kappa shape index (κ2) is 12.0. The van der Waals surface area contributed by atoms with E-state index >= 15 is 0 Å². The Bertz CT molecular complexity index is 1320. The maximum Gasteiger partial charge on any atom is 0.230 e. The van der Waals surface area contributed by atoms with Crippen molar-refractivity contribution in [3.05, 3.63) is 64.8 Å². The van der Waals surface area contributed by atoms with Crippen LogP contribution in [0.25, 0.3) is 11.1 Å². The monoisotopic (exact) mass is 518 g/mol. The molecule has 0 fully saturated rings. The number of likely N-dealkylation sites (N-methyl/N-ethyl adjacent to an activating group) is 1. The average Bonchev–Trinajstić information content (AvgIpc) is 2.93. The molecule has 2 aromatic carbocycles. The van der Waals surface area contributed by atoms with E-state index in [9.17, 15) is 10.1 Å². The Hall–Kier alpha value is -3.74. The molecule has 0 unspecified atom stereocenters. The fraction of sp³-hybridized carbons (Fsp3) is 0.321. The van der Waals surface area contributed by atoms with Crippen LogP contribution in [0.4, 0.5) is 0 Å². The molecular formula is C28H30N4O4S. The molecule has 1 amide bonds. The van der Waals surface area contributed by atoms with E-state index in [4.69, 9.17) is 19.2 Å². The van der Waals surface area contributed by atoms with Gasteiger partial charge in [-0.1, -0.05) is 42.1 Å². The normalized spacial score (nSPS) is 12.8. The number of carbonyl (C=O) groups is 1. The first-order chi connectivity index (χ1) is 18.0. The Morgan fingerprint density at radius 1 is 1.11 bits per heavy atom. The number of benzene rings is 2. The summed E-state index contributed by atoms with van der Waals surface area (Å²) in [5.74, 6) is 1.66. The molecule has 2 heterocycles. The number of amides is 1. The number of hydrogen-bond donors (Lipinski definition) is 1. The Morgan fingerprint density at radius 2 is 1.81 bits per heavy atom. The number of nitrogens with one attached hydrogen (secondary N) is 1. The number of aromatic nitrogens is 1. The minimum absolute atomic E-state index is 0.123. The van der Waals surface area contributed by atoms with Crippen molar-refractivity contribution >= 4 is 17.7 Å². The summed E-state index contributed by atoms with van der Waals surface area (Å²) in [5.41, 5.74) is 4.83. The van der Waals surface area contributed by atoms with Gasteiger partial charge in [-0.3, -0.25) is 4.79 Å². The van der Waals surface area contributed by atoms with Crippen molar-refractivity contribution in [2.45, 2.75) is 24.5 Å². The number of hydrogen-bond acceptors (Lipinski definition) is 8. The van der Waals surface area contributed by atoms with E-state index in [-0.39, 0.29) is 11.7 Å². The first kappa shape index (κ1) is 26.3. The highest BCUT2D eigenvalue weighted by Gasteiger charge is 2.28. The number of ether oxygens (including phenoxy) is 3. The summed E-state index contributed by atoms with van der Waals surface area (Å²) in [6, 6.07) is 15.7. The summed E-state index contributed by atoms with van der Waals surface area (Å²) in [6.45, 7) is 1.95. The first-order valence-corrected chi connectivity index (χ1v) is 12.9. The highest BCUT2D eigenvalue weighted by Crippen LogP contribution is 2.45. The predicted molar refractivity (Wildman–Crippen MR) is 143 cm³/mol. The molecular weight excluding hydrogens is 488 g/mol. The van der Waals surface area contributed by atoms with Crippen LogP contribution >= 0.6 is 11.8 Å². The standard InChI is InChI=1S/C28H30N4O4S/c1-32-11-10-22-21(16-32)27(19-12-24(35-3)25(36-4)13-23(19)34-2)20(14-29)28(31-22)37-17-26(33)30-15-18-8-6-5-7-9-18/h5-9,12-13H,10-11,15-17H2,1-4H3,(H,30,33). The van der Waals surface area contributed by atoms with E-state index < -0.39 is 0 Å². The van der Waals surface area contributed by atoms with Gasteiger partial charge in [0.15, 0.2) is 11.5 Å². The number of nitriles is 1. The SMILES string of the molecule is COc1cc(OC)c(-c2c(C#N)c(SCC(=O)NCc3ccccc3)nc3c2CN(C)CC3)cc1OC. The summed E-state index contributed by atoms with van der Waals surface area (Å²) in [4.78, 5) is 19.7. The zero-order valence-corrected chi connectivity index (χ0v) is 22.3. The highest BCUT2D eigenvalue weighted by atomic mass is 32.2. The minimum Gasteiger partial charge on any atom is -0.496 e. The van der Waals surface area contributed by atoms with Crippen molar-refractivity contribution in [3.63, 3.8) is 0 Å². The van der Waals surface area contributed by atoms with Crippen molar-refractivity contribution in [1.29, 1.82) is 5.26 Å². The molecule has 37 heavy (non-hydrogen) atoms. The third-order valence-corrected chi connectivity index (χ3v) is 7.24. The van der Waals surface area contributed by atoms with E-state index in [1.165, 1.54) is 11.8 Å². The highest BCUT2D eigenvalue weighted by molar-refractivity contribution is 8.00. The van der Waals surface area contributed by atoms with Crippen molar-refractivity contribution < 1.29 is 19.0 Å². The molecule has 1 aromatic heterocycles. The molecule has 192 valence electrons. The van der Waals surface area contributed by atoms with Gasteiger partial charge in [0.05, 0.1) is 32.6 Å². The van der Waals surface area contributed by atoms with E-state index in [1.807, 2.05) is 43.4 Å². The molecule has 1 N–H and O–H groups in total. The quantitative estimate of drug-likeness (QED) is 0.424. The Labute approximate surface area is 221 Å². The van der Waals surface area contributed by atoms with Gasteiger partial charge in [-0.15, -0.1) is 0 Å². The van der Waals surface area contributed by atoms with Crippen molar-refractivity contribution in [2.24, 2.45) is 0 Å². The zero-order valence-electron chi connectivity index (χ0n) is 21.5. The maximum atomic E-state index is 12.6. The van der Waals surface area contributed by atoms with Crippen molar-refractivity contribution in [3.8, 4) is 34.4 Å². The van der Waals surface area contributed by atoms with Crippen LogP contribution in [-0.2, 0) is 24.3 Å². The number of carbonyl (C=O) groups excluding carboxylic acids is 1. The zero-order chi connectivity index (χ0) is 26.4. The second-order valence-electron chi connectivity index (χ2n) is 8.65. The van der Waals surface area contributed by atoms with E-state index in [1.54, 1.807) is 27.4 Å². The molecule has 0 aliphatic carbocycles. The van der Waals surface area contributed by atoms with Crippen LogP contribution in [-0.4, -0.2) is 56.5 Å². The summed E-state index contributed by atoms with van der Waals surface area (Å²) in [7, 11) is 6.77. The van der Waals surface area contributed by atoms with Crippen LogP contribution < -0.4 is 19.5 Å². The lowest BCUT2D eigenvalue weighted by Gasteiger charge is -2.28. The molecule has 0 saturated carbocycles. The van der Waals surface area contributed by atoms with Crippen LogP contribution in [0.5, 0.6) is 17.2 Å². The third-order valence-electron chi connectivity index (χ3n) is 6.27. The number of pyridine rings is 1. The Morgan fingerprint density at radius 3 is 2.49 bits per heavy atom. The Kier molecular flexibility index (Phi) is 8.54. The molecule has 0 saturated heterocycles. The lowest BCUT2D eigenvalue weighted by atomic mass is 9.91. The number of fused-ring (bicyclic) bond motifs is 1. The van der Waals surface area contributed by atoms with Gasteiger partial charge in [0.1, 0.15) is 16.8 Å². The van der Waals surface area contributed by atoms with Gasteiger partial charge in [0, 0.05) is 48.9 Å². The lowest BCUT2D eigenvalue weighted by Crippen LogP contribution is -2.28.